The van der Waals surface area contributed by atoms with Crippen LogP contribution in [0.15, 0.2) is 54.6 Å². The molecular formula is C25H29N3O5. The van der Waals surface area contributed by atoms with Crippen molar-refractivity contribution in [1.29, 1.82) is 5.26 Å². The molecule has 0 aliphatic heterocycles. The SMILES string of the molecule is COC(=O)[C@H](Cc1cccc(C#N)c1)NC(=O)CCCCCNC(=O)OCc1ccccc1. The zero-order chi connectivity index (χ0) is 23.9. The van der Waals surface area contributed by atoms with Crippen LogP contribution in [0.2, 0.25) is 0 Å². The van der Waals surface area contributed by atoms with Crippen LogP contribution in [0.4, 0.5) is 4.79 Å². The number of carbonyl (C=O) groups is 3. The number of nitrogens with one attached hydrogen (secondary N) is 2. The lowest BCUT2D eigenvalue weighted by molar-refractivity contribution is -0.145. The number of benzene rings is 2. The predicted octanol–water partition coefficient (Wildman–Crippen LogP) is 3.25. The molecule has 2 aromatic carbocycles. The number of ether oxygens (including phenoxy) is 2. The second-order valence-corrected chi connectivity index (χ2v) is 7.46. The Morgan fingerprint density at radius 1 is 1.00 bits per heavy atom. The van der Waals surface area contributed by atoms with Gasteiger partial charge in [-0.3, -0.25) is 4.79 Å². The van der Waals surface area contributed by atoms with Gasteiger partial charge in [0, 0.05) is 19.4 Å². The Bertz CT molecular complexity index is 956. The standard InChI is InChI=1S/C25H29N3O5/c1-32-24(30)22(16-20-11-8-12-21(15-20)17-26)28-23(29)13-6-3-7-14-27-25(31)33-18-19-9-4-2-5-10-19/h2,4-5,8-12,15,22H,3,6-7,13-14,16,18H2,1H3,(H,27,31)(H,28,29)/t22-/m0/s1. The summed E-state index contributed by atoms with van der Waals surface area (Å²) in [4.78, 5) is 36.1. The lowest BCUT2D eigenvalue weighted by Crippen LogP contribution is -2.43. The Morgan fingerprint density at radius 2 is 1.76 bits per heavy atom. The average molecular weight is 452 g/mol. The molecule has 174 valence electrons. The molecule has 2 N–H and O–H groups in total. The molecule has 8 nitrogen and oxygen atoms in total. The Morgan fingerprint density at radius 3 is 2.48 bits per heavy atom. The number of unbranched alkanes of at least 4 members (excludes halogenated alkanes) is 2. The number of hydrogen-bond acceptors (Lipinski definition) is 6. The van der Waals surface area contributed by atoms with E-state index in [1.54, 1.807) is 24.3 Å². The van der Waals surface area contributed by atoms with Crippen molar-refractivity contribution in [3.63, 3.8) is 0 Å². The minimum Gasteiger partial charge on any atom is -0.467 e. The summed E-state index contributed by atoms with van der Waals surface area (Å²) in [6, 6.07) is 17.5. The van der Waals surface area contributed by atoms with Gasteiger partial charge in [0.1, 0.15) is 12.6 Å². The van der Waals surface area contributed by atoms with Crippen molar-refractivity contribution < 1.29 is 23.9 Å². The van der Waals surface area contributed by atoms with E-state index in [0.717, 1.165) is 17.5 Å². The van der Waals surface area contributed by atoms with Crippen molar-refractivity contribution >= 4 is 18.0 Å². The molecule has 0 unspecified atom stereocenters. The average Bonchev–Trinajstić information content (AvgIpc) is 2.84. The smallest absolute Gasteiger partial charge is 0.407 e. The third-order valence-electron chi connectivity index (χ3n) is 4.88. The molecule has 0 spiro atoms. The number of rotatable bonds is 12. The van der Waals surface area contributed by atoms with Crippen molar-refractivity contribution in [2.75, 3.05) is 13.7 Å². The quantitative estimate of drug-likeness (QED) is 0.378. The summed E-state index contributed by atoms with van der Waals surface area (Å²) >= 11 is 0. The first kappa shape index (κ1) is 25.4. The Kier molecular flexibility index (Phi) is 11.0. The number of alkyl carbamates (subject to hydrolysis) is 1. The molecule has 0 bridgehead atoms. The minimum absolute atomic E-state index is 0.217. The molecule has 0 aromatic heterocycles. The predicted molar refractivity (Wildman–Crippen MR) is 122 cm³/mol. The number of hydrogen-bond donors (Lipinski definition) is 2. The molecule has 0 fully saturated rings. The Labute approximate surface area is 193 Å². The summed E-state index contributed by atoms with van der Waals surface area (Å²) in [6.45, 7) is 0.671. The van der Waals surface area contributed by atoms with E-state index >= 15 is 0 Å². The maximum absolute atomic E-state index is 12.3. The fourth-order valence-corrected chi connectivity index (χ4v) is 3.16. The normalized spacial score (nSPS) is 11.0. The van der Waals surface area contributed by atoms with E-state index in [1.165, 1.54) is 7.11 Å². The van der Waals surface area contributed by atoms with Gasteiger partial charge in [-0.25, -0.2) is 9.59 Å². The lowest BCUT2D eigenvalue weighted by Gasteiger charge is -2.17. The Balaban J connectivity index is 1.64. The van der Waals surface area contributed by atoms with Crippen LogP contribution in [0, 0.1) is 11.3 Å². The van der Waals surface area contributed by atoms with Crippen LogP contribution in [0.1, 0.15) is 42.4 Å². The number of methoxy groups -OCH3 is 1. The maximum atomic E-state index is 12.3. The van der Waals surface area contributed by atoms with Crippen molar-refractivity contribution in [1.82, 2.24) is 10.6 Å². The molecule has 2 aromatic rings. The molecule has 0 aliphatic rings. The van der Waals surface area contributed by atoms with Gasteiger partial charge in [0.15, 0.2) is 0 Å². The highest BCUT2D eigenvalue weighted by atomic mass is 16.5. The van der Waals surface area contributed by atoms with E-state index < -0.39 is 18.1 Å². The van der Waals surface area contributed by atoms with Crippen LogP contribution < -0.4 is 10.6 Å². The number of nitriles is 1. The van der Waals surface area contributed by atoms with Gasteiger partial charge in [-0.05, 0) is 36.1 Å². The second kappa shape index (κ2) is 14.2. The molecule has 2 rings (SSSR count). The molecule has 2 amide bonds. The van der Waals surface area contributed by atoms with Gasteiger partial charge in [-0.15, -0.1) is 0 Å². The van der Waals surface area contributed by atoms with Crippen LogP contribution in [0.3, 0.4) is 0 Å². The van der Waals surface area contributed by atoms with Crippen molar-refractivity contribution in [2.45, 2.75) is 44.8 Å². The summed E-state index contributed by atoms with van der Waals surface area (Å²) in [5, 5.41) is 14.4. The van der Waals surface area contributed by atoms with Crippen LogP contribution in [-0.4, -0.2) is 37.7 Å². The topological polar surface area (TPSA) is 118 Å². The molecule has 0 radical (unpaired) electrons. The summed E-state index contributed by atoms with van der Waals surface area (Å²) in [7, 11) is 1.27. The first-order valence-corrected chi connectivity index (χ1v) is 10.8. The van der Waals surface area contributed by atoms with E-state index in [0.29, 0.717) is 24.9 Å². The van der Waals surface area contributed by atoms with Crippen LogP contribution in [0.25, 0.3) is 0 Å². The van der Waals surface area contributed by atoms with E-state index in [1.807, 2.05) is 30.3 Å². The first-order valence-electron chi connectivity index (χ1n) is 10.8. The van der Waals surface area contributed by atoms with Crippen molar-refractivity contribution in [3.8, 4) is 6.07 Å². The molecule has 0 saturated heterocycles. The molecule has 0 aliphatic carbocycles. The van der Waals surface area contributed by atoms with Crippen LogP contribution in [-0.2, 0) is 32.1 Å². The third kappa shape index (κ3) is 9.87. The molecule has 1 atom stereocenters. The van der Waals surface area contributed by atoms with Gasteiger partial charge in [-0.2, -0.15) is 5.26 Å². The lowest BCUT2D eigenvalue weighted by atomic mass is 10.0. The number of esters is 1. The van der Waals surface area contributed by atoms with E-state index in [4.69, 9.17) is 14.7 Å². The molecule has 0 saturated carbocycles. The van der Waals surface area contributed by atoms with E-state index in [9.17, 15) is 14.4 Å². The number of carbonyl (C=O) groups excluding carboxylic acids is 3. The van der Waals surface area contributed by atoms with Gasteiger partial charge in [0.05, 0.1) is 18.7 Å². The second-order valence-electron chi connectivity index (χ2n) is 7.46. The third-order valence-corrected chi connectivity index (χ3v) is 4.88. The Hall–Kier alpha value is -3.86. The minimum atomic E-state index is -0.822. The maximum Gasteiger partial charge on any atom is 0.407 e. The summed E-state index contributed by atoms with van der Waals surface area (Å²) in [5.41, 5.74) is 2.16. The fourth-order valence-electron chi connectivity index (χ4n) is 3.16. The highest BCUT2D eigenvalue weighted by molar-refractivity contribution is 5.84. The highest BCUT2D eigenvalue weighted by Gasteiger charge is 2.22. The van der Waals surface area contributed by atoms with Crippen molar-refractivity contribution in [2.24, 2.45) is 0 Å². The van der Waals surface area contributed by atoms with Crippen molar-refractivity contribution in [3.05, 3.63) is 71.3 Å². The van der Waals surface area contributed by atoms with Gasteiger partial charge in [0.2, 0.25) is 5.91 Å². The summed E-state index contributed by atoms with van der Waals surface area (Å²) in [5.74, 6) is -0.791. The monoisotopic (exact) mass is 451 g/mol. The molecular weight excluding hydrogens is 422 g/mol. The van der Waals surface area contributed by atoms with Gasteiger partial charge in [0.25, 0.3) is 0 Å². The highest BCUT2D eigenvalue weighted by Crippen LogP contribution is 2.09. The molecule has 8 heteroatoms. The summed E-state index contributed by atoms with van der Waals surface area (Å²) in [6.07, 6.45) is 2.07. The summed E-state index contributed by atoms with van der Waals surface area (Å²) < 4.78 is 9.94. The van der Waals surface area contributed by atoms with E-state index in [-0.39, 0.29) is 25.4 Å². The zero-order valence-corrected chi connectivity index (χ0v) is 18.7. The molecule has 0 heterocycles. The fraction of sp³-hybridized carbons (Fsp3) is 0.360. The molecule has 33 heavy (non-hydrogen) atoms. The van der Waals surface area contributed by atoms with Crippen LogP contribution >= 0.6 is 0 Å². The zero-order valence-electron chi connectivity index (χ0n) is 18.7. The number of amides is 2. The van der Waals surface area contributed by atoms with Crippen LogP contribution in [0.5, 0.6) is 0 Å². The largest absolute Gasteiger partial charge is 0.467 e. The van der Waals surface area contributed by atoms with Gasteiger partial charge in [-0.1, -0.05) is 48.9 Å². The first-order chi connectivity index (χ1) is 16.0. The van der Waals surface area contributed by atoms with Gasteiger partial charge < -0.3 is 20.1 Å². The van der Waals surface area contributed by atoms with E-state index in [2.05, 4.69) is 16.7 Å². The van der Waals surface area contributed by atoms with Gasteiger partial charge >= 0.3 is 12.1 Å². The number of nitrogens with zero attached hydrogens (tertiary/aromatic N) is 1.